The number of likely N-dealkylation sites (tertiary alicyclic amines) is 1. The Labute approximate surface area is 316 Å². The molecule has 16 heteroatoms. The number of aromatic nitrogens is 3. The van der Waals surface area contributed by atoms with Crippen molar-refractivity contribution >= 4 is 46.6 Å². The van der Waals surface area contributed by atoms with Crippen molar-refractivity contribution in [1.82, 2.24) is 35.0 Å². The maximum absolute atomic E-state index is 15.0. The van der Waals surface area contributed by atoms with Gasteiger partial charge in [0.1, 0.15) is 23.2 Å². The molecule has 4 aliphatic heterocycles. The van der Waals surface area contributed by atoms with E-state index in [1.54, 1.807) is 30.6 Å². The van der Waals surface area contributed by atoms with E-state index < -0.39 is 23.7 Å². The van der Waals surface area contributed by atoms with Gasteiger partial charge in [0.25, 0.3) is 17.7 Å². The molecule has 4 aromatic rings. The second-order valence-electron chi connectivity index (χ2n) is 14.9. The SMILES string of the molecule is CC(C)Oc1cc2c(cc1NC(=O)c1cnn3cccnc13)CN(C1CCN(CC3CN(c4ccc(C(=O)NC5CCC(=O)NC5=O)c(F)c4)C3)CC1)C2=O. The highest BCUT2D eigenvalue weighted by molar-refractivity contribution is 6.09. The zero-order valence-corrected chi connectivity index (χ0v) is 30.6. The van der Waals surface area contributed by atoms with Crippen molar-refractivity contribution in [2.45, 2.75) is 64.3 Å². The lowest BCUT2D eigenvalue weighted by Gasteiger charge is -2.45. The molecule has 6 heterocycles. The van der Waals surface area contributed by atoms with Crippen LogP contribution >= 0.6 is 0 Å². The molecular formula is C39H42FN9O6. The lowest BCUT2D eigenvalue weighted by Crippen LogP contribution is -2.53. The number of hydrogen-bond acceptors (Lipinski definition) is 10. The maximum Gasteiger partial charge on any atom is 0.261 e. The summed E-state index contributed by atoms with van der Waals surface area (Å²) in [5.41, 5.74) is 3.22. The number of halogens is 1. The highest BCUT2D eigenvalue weighted by Gasteiger charge is 2.37. The first-order chi connectivity index (χ1) is 26.5. The van der Waals surface area contributed by atoms with Crippen molar-refractivity contribution in [3.63, 3.8) is 0 Å². The number of nitrogens with one attached hydrogen (secondary N) is 3. The lowest BCUT2D eigenvalue weighted by molar-refractivity contribution is -0.134. The molecule has 0 bridgehead atoms. The van der Waals surface area contributed by atoms with Gasteiger partial charge in [0.15, 0.2) is 5.65 Å². The second kappa shape index (κ2) is 14.7. The highest BCUT2D eigenvalue weighted by atomic mass is 19.1. The fraction of sp³-hybridized carbons (Fsp3) is 0.410. The number of amides is 5. The van der Waals surface area contributed by atoms with Gasteiger partial charge in [-0.3, -0.25) is 29.3 Å². The van der Waals surface area contributed by atoms with E-state index in [2.05, 4.69) is 35.8 Å². The molecule has 0 saturated carbocycles. The van der Waals surface area contributed by atoms with Crippen LogP contribution in [0.2, 0.25) is 0 Å². The van der Waals surface area contributed by atoms with E-state index in [-0.39, 0.29) is 48.3 Å². The number of anilines is 2. The normalized spacial score (nSPS) is 19.4. The van der Waals surface area contributed by atoms with Crippen LogP contribution in [0.3, 0.4) is 0 Å². The average molecular weight is 752 g/mol. The van der Waals surface area contributed by atoms with E-state index in [1.165, 1.54) is 22.8 Å². The Kier molecular flexibility index (Phi) is 9.67. The minimum absolute atomic E-state index is 0.0342. The molecule has 15 nitrogen and oxygen atoms in total. The van der Waals surface area contributed by atoms with Gasteiger partial charge in [-0.05, 0) is 75.1 Å². The lowest BCUT2D eigenvalue weighted by atomic mass is 9.95. The van der Waals surface area contributed by atoms with Gasteiger partial charge >= 0.3 is 0 Å². The molecule has 2 aromatic heterocycles. The molecule has 3 fully saturated rings. The van der Waals surface area contributed by atoms with Crippen molar-refractivity contribution in [3.05, 3.63) is 83.1 Å². The Bertz CT molecular complexity index is 2190. The van der Waals surface area contributed by atoms with Crippen molar-refractivity contribution in [2.75, 3.05) is 42.9 Å². The molecule has 1 atom stereocenters. The van der Waals surface area contributed by atoms with Gasteiger partial charge in [0, 0.05) is 81.3 Å². The van der Waals surface area contributed by atoms with E-state index in [4.69, 9.17) is 4.74 Å². The number of ether oxygens (including phenoxy) is 1. The molecule has 286 valence electrons. The average Bonchev–Trinajstić information content (AvgIpc) is 3.71. The minimum Gasteiger partial charge on any atom is -0.489 e. The first-order valence-electron chi connectivity index (χ1n) is 18.7. The molecule has 4 aliphatic rings. The summed E-state index contributed by atoms with van der Waals surface area (Å²) in [6, 6.07) is 9.02. The Hall–Kier alpha value is -5.90. The molecule has 2 aromatic carbocycles. The van der Waals surface area contributed by atoms with Crippen LogP contribution < -0.4 is 25.6 Å². The minimum atomic E-state index is -0.876. The zero-order chi connectivity index (χ0) is 38.4. The maximum atomic E-state index is 15.0. The van der Waals surface area contributed by atoms with Gasteiger partial charge in [0.2, 0.25) is 11.8 Å². The molecule has 0 radical (unpaired) electrons. The summed E-state index contributed by atoms with van der Waals surface area (Å²) in [6.07, 6.45) is 6.59. The van der Waals surface area contributed by atoms with Crippen LogP contribution in [0.15, 0.2) is 55.0 Å². The number of imide groups is 1. The predicted octanol–water partition coefficient (Wildman–Crippen LogP) is 3.00. The quantitative estimate of drug-likeness (QED) is 0.205. The summed E-state index contributed by atoms with van der Waals surface area (Å²) in [7, 11) is 0. The van der Waals surface area contributed by atoms with Gasteiger partial charge in [-0.15, -0.1) is 0 Å². The van der Waals surface area contributed by atoms with Crippen molar-refractivity contribution in [2.24, 2.45) is 5.92 Å². The van der Waals surface area contributed by atoms with Crippen LogP contribution in [-0.4, -0.2) is 105 Å². The summed E-state index contributed by atoms with van der Waals surface area (Å²) in [5, 5.41) is 11.9. The number of piperidine rings is 2. The Morgan fingerprint density at radius 2 is 1.84 bits per heavy atom. The zero-order valence-electron chi connectivity index (χ0n) is 30.6. The Balaban J connectivity index is 0.835. The number of hydrogen-bond donors (Lipinski definition) is 3. The summed E-state index contributed by atoms with van der Waals surface area (Å²) in [5.74, 6) is -1.92. The molecule has 1 unspecified atom stereocenters. The van der Waals surface area contributed by atoms with Crippen LogP contribution in [-0.2, 0) is 16.1 Å². The monoisotopic (exact) mass is 751 g/mol. The van der Waals surface area contributed by atoms with Crippen LogP contribution in [0, 0.1) is 11.7 Å². The van der Waals surface area contributed by atoms with E-state index in [1.807, 2.05) is 24.8 Å². The summed E-state index contributed by atoms with van der Waals surface area (Å²) in [4.78, 5) is 73.9. The van der Waals surface area contributed by atoms with Gasteiger partial charge in [-0.2, -0.15) is 5.10 Å². The van der Waals surface area contributed by atoms with E-state index >= 15 is 4.39 Å². The Morgan fingerprint density at radius 3 is 2.58 bits per heavy atom. The summed E-state index contributed by atoms with van der Waals surface area (Å²) < 4.78 is 22.6. The van der Waals surface area contributed by atoms with Crippen molar-refractivity contribution in [1.29, 1.82) is 0 Å². The molecule has 0 aliphatic carbocycles. The number of rotatable bonds is 10. The number of carbonyl (C=O) groups excluding carboxylic acids is 5. The van der Waals surface area contributed by atoms with E-state index in [0.29, 0.717) is 46.4 Å². The molecule has 55 heavy (non-hydrogen) atoms. The summed E-state index contributed by atoms with van der Waals surface area (Å²) >= 11 is 0. The standard InChI is InChI=1S/C39H42FN9O6/c1-22(2)55-33-16-28-24(14-32(33)44-37(52)29-17-42-49-11-3-10-41-35(29)49)21-48(39(28)54)25-8-12-46(13-9-25)18-23-19-47(20-23)26-4-5-27(30(40)15-26)36(51)43-31-6-7-34(50)45-38(31)53/h3-5,10-11,14-17,22-23,25,31H,6-9,12-13,18-21H2,1-2H3,(H,43,51)(H,44,52)(H,45,50,53). The van der Waals surface area contributed by atoms with Crippen LogP contribution in [0.1, 0.15) is 76.2 Å². The third-order valence-corrected chi connectivity index (χ3v) is 10.8. The third-order valence-electron chi connectivity index (χ3n) is 10.8. The fourth-order valence-corrected chi connectivity index (χ4v) is 7.91. The second-order valence-corrected chi connectivity index (χ2v) is 14.9. The van der Waals surface area contributed by atoms with E-state index in [9.17, 15) is 24.0 Å². The van der Waals surface area contributed by atoms with Crippen LogP contribution in [0.25, 0.3) is 5.65 Å². The van der Waals surface area contributed by atoms with Crippen molar-refractivity contribution < 1.29 is 33.1 Å². The molecule has 0 spiro atoms. The van der Waals surface area contributed by atoms with E-state index in [0.717, 1.165) is 51.1 Å². The first-order valence-corrected chi connectivity index (χ1v) is 18.7. The molecule has 8 rings (SSSR count). The van der Waals surface area contributed by atoms with Crippen molar-refractivity contribution in [3.8, 4) is 5.75 Å². The van der Waals surface area contributed by atoms with Gasteiger partial charge in [0.05, 0.1) is 23.6 Å². The topological polar surface area (TPSA) is 171 Å². The predicted molar refractivity (Wildman–Crippen MR) is 198 cm³/mol. The number of fused-ring (bicyclic) bond motifs is 2. The van der Waals surface area contributed by atoms with Gasteiger partial charge in [-0.25, -0.2) is 13.9 Å². The number of benzene rings is 2. The first kappa shape index (κ1) is 36.1. The highest BCUT2D eigenvalue weighted by Crippen LogP contribution is 2.37. The Morgan fingerprint density at radius 1 is 1.04 bits per heavy atom. The number of carbonyl (C=O) groups is 5. The third kappa shape index (κ3) is 7.33. The molecule has 5 amide bonds. The molecular weight excluding hydrogens is 709 g/mol. The molecule has 3 N–H and O–H groups in total. The van der Waals surface area contributed by atoms with Crippen LogP contribution in [0.4, 0.5) is 15.8 Å². The van der Waals surface area contributed by atoms with Crippen LogP contribution in [0.5, 0.6) is 5.75 Å². The smallest absolute Gasteiger partial charge is 0.261 e. The largest absolute Gasteiger partial charge is 0.489 e. The van der Waals surface area contributed by atoms with Gasteiger partial charge in [-0.1, -0.05) is 0 Å². The van der Waals surface area contributed by atoms with Gasteiger partial charge < -0.3 is 30.1 Å². The fourth-order valence-electron chi connectivity index (χ4n) is 7.91. The number of nitrogens with zero attached hydrogens (tertiary/aromatic N) is 6. The summed E-state index contributed by atoms with van der Waals surface area (Å²) in [6.45, 7) is 8.35. The molecule has 3 saturated heterocycles.